The van der Waals surface area contributed by atoms with Gasteiger partial charge in [0.25, 0.3) is 0 Å². The molecular formula is C17H17ClO. The topological polar surface area (TPSA) is 17.1 Å². The average molecular weight is 273 g/mol. The van der Waals surface area contributed by atoms with Crippen LogP contribution < -0.4 is 0 Å². The Morgan fingerprint density at radius 1 is 1.11 bits per heavy atom. The molecule has 0 bridgehead atoms. The van der Waals surface area contributed by atoms with Gasteiger partial charge in [0.05, 0.1) is 0 Å². The van der Waals surface area contributed by atoms with Crippen molar-refractivity contribution in [1.82, 2.24) is 0 Å². The molecule has 0 heterocycles. The summed E-state index contributed by atoms with van der Waals surface area (Å²) in [5.41, 5.74) is 3.61. The first-order valence-electron chi connectivity index (χ1n) is 6.51. The molecule has 2 rings (SSSR count). The Morgan fingerprint density at radius 3 is 2.42 bits per heavy atom. The second-order valence-electron chi connectivity index (χ2n) is 4.74. The minimum absolute atomic E-state index is 0.0306. The molecular weight excluding hydrogens is 256 g/mol. The molecule has 0 fully saturated rings. The monoisotopic (exact) mass is 272 g/mol. The van der Waals surface area contributed by atoms with Crippen LogP contribution in [0.5, 0.6) is 0 Å². The quantitative estimate of drug-likeness (QED) is 0.729. The van der Waals surface area contributed by atoms with E-state index in [0.717, 1.165) is 18.4 Å². The largest absolute Gasteiger partial charge is 0.289 e. The Morgan fingerprint density at radius 2 is 1.79 bits per heavy atom. The molecule has 0 saturated carbocycles. The molecule has 0 amide bonds. The van der Waals surface area contributed by atoms with Gasteiger partial charge in [0, 0.05) is 16.1 Å². The highest BCUT2D eigenvalue weighted by atomic mass is 35.5. The average Bonchev–Trinajstić information content (AvgIpc) is 2.42. The Labute approximate surface area is 119 Å². The fourth-order valence-corrected chi connectivity index (χ4v) is 2.28. The van der Waals surface area contributed by atoms with Crippen LogP contribution in [0.1, 0.15) is 40.4 Å². The summed E-state index contributed by atoms with van der Waals surface area (Å²) in [6.07, 6.45) is 2.16. The van der Waals surface area contributed by atoms with Crippen molar-refractivity contribution in [2.75, 3.05) is 0 Å². The number of rotatable bonds is 4. The minimum Gasteiger partial charge on any atom is -0.289 e. The van der Waals surface area contributed by atoms with Crippen LogP contribution in [-0.2, 0) is 6.42 Å². The fourth-order valence-electron chi connectivity index (χ4n) is 2.11. The van der Waals surface area contributed by atoms with E-state index in [4.69, 9.17) is 11.6 Å². The van der Waals surface area contributed by atoms with Crippen molar-refractivity contribution in [3.63, 3.8) is 0 Å². The van der Waals surface area contributed by atoms with E-state index in [9.17, 15) is 4.79 Å². The Kier molecular flexibility index (Phi) is 4.39. The van der Waals surface area contributed by atoms with E-state index in [0.29, 0.717) is 16.1 Å². The predicted octanol–water partition coefficient (Wildman–Crippen LogP) is 4.83. The second-order valence-corrected chi connectivity index (χ2v) is 5.17. The number of ketones is 1. The van der Waals surface area contributed by atoms with Crippen LogP contribution in [0.25, 0.3) is 0 Å². The van der Waals surface area contributed by atoms with E-state index in [2.05, 4.69) is 6.92 Å². The molecule has 0 aliphatic rings. The van der Waals surface area contributed by atoms with Crippen molar-refractivity contribution < 1.29 is 4.79 Å². The number of benzene rings is 2. The summed E-state index contributed by atoms with van der Waals surface area (Å²) in [6, 6.07) is 13.3. The molecule has 0 N–H and O–H groups in total. The SMILES string of the molecule is CCCc1ccc(C(=O)c2cc(Cl)ccc2C)cc1. The van der Waals surface area contributed by atoms with Gasteiger partial charge in [0.2, 0.25) is 0 Å². The molecule has 0 saturated heterocycles. The molecule has 2 aromatic carbocycles. The summed E-state index contributed by atoms with van der Waals surface area (Å²) >= 11 is 5.96. The van der Waals surface area contributed by atoms with Crippen molar-refractivity contribution in [3.05, 3.63) is 69.7 Å². The van der Waals surface area contributed by atoms with Crippen LogP contribution in [0, 0.1) is 6.92 Å². The van der Waals surface area contributed by atoms with Gasteiger partial charge in [-0.3, -0.25) is 4.79 Å². The van der Waals surface area contributed by atoms with Gasteiger partial charge in [0.15, 0.2) is 5.78 Å². The van der Waals surface area contributed by atoms with E-state index in [1.54, 1.807) is 12.1 Å². The zero-order chi connectivity index (χ0) is 13.8. The van der Waals surface area contributed by atoms with Gasteiger partial charge in [-0.2, -0.15) is 0 Å². The van der Waals surface area contributed by atoms with Crippen LogP contribution in [-0.4, -0.2) is 5.78 Å². The summed E-state index contributed by atoms with van der Waals surface area (Å²) in [4.78, 5) is 12.4. The van der Waals surface area contributed by atoms with Crippen LogP contribution >= 0.6 is 11.6 Å². The van der Waals surface area contributed by atoms with Gasteiger partial charge in [-0.05, 0) is 36.6 Å². The van der Waals surface area contributed by atoms with E-state index in [1.165, 1.54) is 5.56 Å². The molecule has 0 atom stereocenters. The third kappa shape index (κ3) is 3.24. The zero-order valence-electron chi connectivity index (χ0n) is 11.2. The van der Waals surface area contributed by atoms with Crippen molar-refractivity contribution in [1.29, 1.82) is 0 Å². The summed E-state index contributed by atoms with van der Waals surface area (Å²) in [5.74, 6) is 0.0306. The molecule has 19 heavy (non-hydrogen) atoms. The maximum Gasteiger partial charge on any atom is 0.193 e. The summed E-state index contributed by atoms with van der Waals surface area (Å²) in [7, 11) is 0. The first kappa shape index (κ1) is 13.8. The summed E-state index contributed by atoms with van der Waals surface area (Å²) in [6.45, 7) is 4.07. The molecule has 2 heteroatoms. The number of carbonyl (C=O) groups is 1. The van der Waals surface area contributed by atoms with E-state index in [-0.39, 0.29) is 5.78 Å². The minimum atomic E-state index is 0.0306. The lowest BCUT2D eigenvalue weighted by molar-refractivity contribution is 0.103. The molecule has 0 radical (unpaired) electrons. The van der Waals surface area contributed by atoms with Gasteiger partial charge >= 0.3 is 0 Å². The van der Waals surface area contributed by atoms with Gasteiger partial charge in [-0.15, -0.1) is 0 Å². The van der Waals surface area contributed by atoms with Crippen LogP contribution in [0.3, 0.4) is 0 Å². The van der Waals surface area contributed by atoms with Gasteiger partial charge < -0.3 is 0 Å². The number of carbonyl (C=O) groups excluding carboxylic acids is 1. The van der Waals surface area contributed by atoms with E-state index >= 15 is 0 Å². The maximum atomic E-state index is 12.4. The highest BCUT2D eigenvalue weighted by molar-refractivity contribution is 6.31. The fraction of sp³-hybridized carbons (Fsp3) is 0.235. The predicted molar refractivity (Wildman–Crippen MR) is 80.1 cm³/mol. The molecule has 2 aromatic rings. The molecule has 0 aromatic heterocycles. The second kappa shape index (κ2) is 6.03. The first-order valence-corrected chi connectivity index (χ1v) is 6.89. The lowest BCUT2D eigenvalue weighted by atomic mass is 9.98. The van der Waals surface area contributed by atoms with E-state index < -0.39 is 0 Å². The Bertz CT molecular complexity index is 585. The molecule has 0 aliphatic carbocycles. The Hall–Kier alpha value is -1.60. The van der Waals surface area contributed by atoms with Crippen molar-refractivity contribution >= 4 is 17.4 Å². The van der Waals surface area contributed by atoms with Gasteiger partial charge in [0.1, 0.15) is 0 Å². The molecule has 1 nitrogen and oxygen atoms in total. The number of halogens is 1. The molecule has 0 unspecified atom stereocenters. The number of hydrogen-bond acceptors (Lipinski definition) is 1. The number of hydrogen-bond donors (Lipinski definition) is 0. The smallest absolute Gasteiger partial charge is 0.193 e. The summed E-state index contributed by atoms with van der Waals surface area (Å²) < 4.78 is 0. The van der Waals surface area contributed by atoms with Gasteiger partial charge in [-0.25, -0.2) is 0 Å². The van der Waals surface area contributed by atoms with Crippen LogP contribution in [0.4, 0.5) is 0 Å². The molecule has 0 spiro atoms. The van der Waals surface area contributed by atoms with Crippen LogP contribution in [0.2, 0.25) is 5.02 Å². The maximum absolute atomic E-state index is 12.4. The third-order valence-corrected chi connectivity index (χ3v) is 3.43. The lowest BCUT2D eigenvalue weighted by Crippen LogP contribution is -2.03. The molecule has 98 valence electrons. The van der Waals surface area contributed by atoms with Gasteiger partial charge in [-0.1, -0.05) is 55.3 Å². The van der Waals surface area contributed by atoms with E-state index in [1.807, 2.05) is 37.3 Å². The van der Waals surface area contributed by atoms with Crippen molar-refractivity contribution in [2.24, 2.45) is 0 Å². The highest BCUT2D eigenvalue weighted by Gasteiger charge is 2.12. The summed E-state index contributed by atoms with van der Waals surface area (Å²) in [5, 5.41) is 0.594. The molecule has 0 aliphatic heterocycles. The first-order chi connectivity index (χ1) is 9.11. The lowest BCUT2D eigenvalue weighted by Gasteiger charge is -2.06. The Balaban J connectivity index is 2.30. The standard InChI is InChI=1S/C17H17ClO/c1-3-4-13-6-8-14(9-7-13)17(19)16-11-15(18)10-5-12(16)2/h5-11H,3-4H2,1-2H3. The zero-order valence-corrected chi connectivity index (χ0v) is 12.0. The van der Waals surface area contributed by atoms with Crippen molar-refractivity contribution in [3.8, 4) is 0 Å². The van der Waals surface area contributed by atoms with Crippen LogP contribution in [0.15, 0.2) is 42.5 Å². The highest BCUT2D eigenvalue weighted by Crippen LogP contribution is 2.19. The number of aryl methyl sites for hydroxylation is 2. The third-order valence-electron chi connectivity index (χ3n) is 3.20. The normalized spacial score (nSPS) is 10.5. The van der Waals surface area contributed by atoms with Crippen molar-refractivity contribution in [2.45, 2.75) is 26.7 Å².